The molecule has 5 heteroatoms. The van der Waals surface area contributed by atoms with Crippen LogP contribution in [-0.4, -0.2) is 43.4 Å². The lowest BCUT2D eigenvalue weighted by atomic mass is 10.1. The van der Waals surface area contributed by atoms with Crippen molar-refractivity contribution in [2.24, 2.45) is 0 Å². The van der Waals surface area contributed by atoms with Crippen LogP contribution in [0.5, 0.6) is 0 Å². The zero-order valence-electron chi connectivity index (χ0n) is 16.4. The van der Waals surface area contributed by atoms with Crippen molar-refractivity contribution in [3.8, 4) is 0 Å². The number of amides is 2. The number of nitrogens with one attached hydrogen (secondary N) is 1. The molecule has 5 nitrogen and oxygen atoms in total. The first kappa shape index (κ1) is 20.5. The summed E-state index contributed by atoms with van der Waals surface area (Å²) < 4.78 is 0. The van der Waals surface area contributed by atoms with Gasteiger partial charge in [0.2, 0.25) is 5.91 Å². The molecule has 0 heterocycles. The van der Waals surface area contributed by atoms with Crippen LogP contribution in [0.1, 0.15) is 37.0 Å². The van der Waals surface area contributed by atoms with Crippen LogP contribution >= 0.6 is 0 Å². The highest BCUT2D eigenvalue weighted by Crippen LogP contribution is 2.17. The molecule has 2 rings (SSSR count). The van der Waals surface area contributed by atoms with Crippen LogP contribution in [-0.2, 0) is 4.79 Å². The first-order valence-electron chi connectivity index (χ1n) is 9.51. The Balaban J connectivity index is 2.02. The smallest absolute Gasteiger partial charge is 0.258 e. The predicted molar refractivity (Wildman–Crippen MR) is 111 cm³/mol. The Bertz CT molecular complexity index is 740. The number of hydrogen-bond donors (Lipinski definition) is 1. The second-order valence-electron chi connectivity index (χ2n) is 6.51. The third-order valence-corrected chi connectivity index (χ3v) is 4.34. The molecule has 0 aliphatic heterocycles. The number of carbonyl (C=O) groups is 2. The van der Waals surface area contributed by atoms with Crippen molar-refractivity contribution in [1.82, 2.24) is 4.90 Å². The number of anilines is 2. The molecule has 2 aromatic rings. The molecule has 0 spiro atoms. The molecule has 144 valence electrons. The van der Waals surface area contributed by atoms with Gasteiger partial charge in [-0.05, 0) is 43.2 Å². The Morgan fingerprint density at radius 3 is 2.22 bits per heavy atom. The number of nitrogens with zero attached hydrogens (tertiary/aromatic N) is 2. The summed E-state index contributed by atoms with van der Waals surface area (Å²) in [4.78, 5) is 28.6. The molecule has 27 heavy (non-hydrogen) atoms. The van der Waals surface area contributed by atoms with Crippen molar-refractivity contribution < 1.29 is 9.59 Å². The molecule has 0 atom stereocenters. The third-order valence-electron chi connectivity index (χ3n) is 4.34. The molecule has 2 amide bonds. The minimum Gasteiger partial charge on any atom is -0.376 e. The average molecular weight is 367 g/mol. The van der Waals surface area contributed by atoms with E-state index < -0.39 is 0 Å². The van der Waals surface area contributed by atoms with Gasteiger partial charge in [-0.25, -0.2) is 0 Å². The summed E-state index contributed by atoms with van der Waals surface area (Å²) in [5.74, 6) is -0.00778. The number of hydrogen-bond acceptors (Lipinski definition) is 3. The van der Waals surface area contributed by atoms with E-state index in [4.69, 9.17) is 0 Å². The standard InChI is InChI=1S/C22H29N3O2/c1-4-14-25(15-5-2)21(26)17-23-19-11-9-10-18(16-19)22(27)24(3)20-12-7-6-8-13-20/h6-13,16,23H,4-5,14-15,17H2,1-3H3. The van der Waals surface area contributed by atoms with E-state index in [-0.39, 0.29) is 18.4 Å². The van der Waals surface area contributed by atoms with Crippen molar-refractivity contribution in [2.75, 3.05) is 36.9 Å². The van der Waals surface area contributed by atoms with Gasteiger partial charge >= 0.3 is 0 Å². The van der Waals surface area contributed by atoms with Crippen LogP contribution in [0.3, 0.4) is 0 Å². The lowest BCUT2D eigenvalue weighted by molar-refractivity contribution is -0.129. The fraction of sp³-hybridized carbons (Fsp3) is 0.364. The van der Waals surface area contributed by atoms with Gasteiger partial charge in [-0.3, -0.25) is 9.59 Å². The van der Waals surface area contributed by atoms with Gasteiger partial charge in [0, 0.05) is 37.1 Å². The first-order chi connectivity index (χ1) is 13.1. The van der Waals surface area contributed by atoms with Crippen LogP contribution in [0.25, 0.3) is 0 Å². The Morgan fingerprint density at radius 2 is 1.59 bits per heavy atom. The van der Waals surface area contributed by atoms with Crippen LogP contribution < -0.4 is 10.2 Å². The molecule has 0 saturated heterocycles. The van der Waals surface area contributed by atoms with Crippen molar-refractivity contribution in [1.29, 1.82) is 0 Å². The molecular weight excluding hydrogens is 338 g/mol. The van der Waals surface area contributed by atoms with Gasteiger partial charge in [-0.1, -0.05) is 38.1 Å². The molecule has 0 saturated carbocycles. The first-order valence-corrected chi connectivity index (χ1v) is 9.51. The predicted octanol–water partition coefficient (Wildman–Crippen LogP) is 4.02. The molecular formula is C22H29N3O2. The van der Waals surface area contributed by atoms with Crippen molar-refractivity contribution in [3.63, 3.8) is 0 Å². The van der Waals surface area contributed by atoms with E-state index in [2.05, 4.69) is 19.2 Å². The molecule has 0 bridgehead atoms. The summed E-state index contributed by atoms with van der Waals surface area (Å²) in [6.45, 7) is 5.92. The van der Waals surface area contributed by atoms with E-state index in [1.54, 1.807) is 24.1 Å². The van der Waals surface area contributed by atoms with E-state index >= 15 is 0 Å². The van der Waals surface area contributed by atoms with Gasteiger partial charge in [0.25, 0.3) is 5.91 Å². The summed E-state index contributed by atoms with van der Waals surface area (Å²) >= 11 is 0. The summed E-state index contributed by atoms with van der Waals surface area (Å²) in [6.07, 6.45) is 1.89. The maximum absolute atomic E-state index is 12.7. The van der Waals surface area contributed by atoms with Crippen LogP contribution in [0, 0.1) is 0 Å². The van der Waals surface area contributed by atoms with Crippen molar-refractivity contribution in [3.05, 3.63) is 60.2 Å². The normalized spacial score (nSPS) is 10.3. The minimum atomic E-state index is -0.0882. The molecule has 0 radical (unpaired) electrons. The number of carbonyl (C=O) groups excluding carboxylic acids is 2. The summed E-state index contributed by atoms with van der Waals surface area (Å²) in [6, 6.07) is 16.8. The molecule has 2 aromatic carbocycles. The van der Waals surface area contributed by atoms with E-state index in [0.29, 0.717) is 5.56 Å². The van der Waals surface area contributed by atoms with Crippen LogP contribution in [0.15, 0.2) is 54.6 Å². The Kier molecular flexibility index (Phi) is 7.86. The second-order valence-corrected chi connectivity index (χ2v) is 6.51. The zero-order valence-corrected chi connectivity index (χ0v) is 16.4. The van der Waals surface area contributed by atoms with Crippen molar-refractivity contribution in [2.45, 2.75) is 26.7 Å². The maximum atomic E-state index is 12.7. The van der Waals surface area contributed by atoms with E-state index in [1.165, 1.54) is 0 Å². The van der Waals surface area contributed by atoms with Crippen LogP contribution in [0.2, 0.25) is 0 Å². The maximum Gasteiger partial charge on any atom is 0.258 e. The fourth-order valence-electron chi connectivity index (χ4n) is 2.92. The Morgan fingerprint density at radius 1 is 0.926 bits per heavy atom. The van der Waals surface area contributed by atoms with E-state index in [0.717, 1.165) is 37.3 Å². The SMILES string of the molecule is CCCN(CCC)C(=O)CNc1cccc(C(=O)N(C)c2ccccc2)c1. The monoisotopic (exact) mass is 367 g/mol. The third kappa shape index (κ3) is 5.84. The molecule has 0 fully saturated rings. The number of rotatable bonds is 9. The number of benzene rings is 2. The minimum absolute atomic E-state index is 0.0804. The fourth-order valence-corrected chi connectivity index (χ4v) is 2.92. The van der Waals surface area contributed by atoms with E-state index in [9.17, 15) is 9.59 Å². The largest absolute Gasteiger partial charge is 0.376 e. The topological polar surface area (TPSA) is 52.7 Å². The van der Waals surface area contributed by atoms with Crippen molar-refractivity contribution >= 4 is 23.2 Å². The van der Waals surface area contributed by atoms with Crippen LogP contribution in [0.4, 0.5) is 11.4 Å². The van der Waals surface area contributed by atoms with Gasteiger partial charge in [0.15, 0.2) is 0 Å². The molecule has 0 aliphatic rings. The summed E-state index contributed by atoms with van der Waals surface area (Å²) in [7, 11) is 1.76. The average Bonchev–Trinajstić information content (AvgIpc) is 2.71. The Labute approximate surface area is 162 Å². The molecule has 0 aromatic heterocycles. The molecule has 1 N–H and O–H groups in total. The number of para-hydroxylation sites is 1. The van der Waals surface area contributed by atoms with Gasteiger partial charge in [-0.15, -0.1) is 0 Å². The molecule has 0 aliphatic carbocycles. The van der Waals surface area contributed by atoms with Gasteiger partial charge in [0.05, 0.1) is 6.54 Å². The lowest BCUT2D eigenvalue weighted by Gasteiger charge is -2.22. The van der Waals surface area contributed by atoms with E-state index in [1.807, 2.05) is 47.4 Å². The highest BCUT2D eigenvalue weighted by molar-refractivity contribution is 6.06. The zero-order chi connectivity index (χ0) is 19.6. The second kappa shape index (κ2) is 10.4. The summed E-state index contributed by atoms with van der Waals surface area (Å²) in [5, 5.41) is 3.15. The Hall–Kier alpha value is -2.82. The quantitative estimate of drug-likeness (QED) is 0.728. The lowest BCUT2D eigenvalue weighted by Crippen LogP contribution is -2.36. The highest BCUT2D eigenvalue weighted by atomic mass is 16.2. The van der Waals surface area contributed by atoms with Gasteiger partial charge < -0.3 is 15.1 Å². The summed E-state index contributed by atoms with van der Waals surface area (Å²) in [5.41, 5.74) is 2.19. The van der Waals surface area contributed by atoms with Gasteiger partial charge in [0.1, 0.15) is 0 Å². The highest BCUT2D eigenvalue weighted by Gasteiger charge is 2.15. The van der Waals surface area contributed by atoms with Gasteiger partial charge in [-0.2, -0.15) is 0 Å². The molecule has 0 unspecified atom stereocenters.